The molecule has 0 aliphatic heterocycles. The van der Waals surface area contributed by atoms with E-state index in [2.05, 4.69) is 10.7 Å². The molecular formula is C8H5ClO2S. The average Bonchev–Trinajstić information content (AvgIpc) is 2.45. The summed E-state index contributed by atoms with van der Waals surface area (Å²) in [6.45, 7) is 0. The fourth-order valence-corrected chi connectivity index (χ4v) is 1.75. The zero-order valence-corrected chi connectivity index (χ0v) is 7.83. The molecule has 0 bridgehead atoms. The minimum absolute atomic E-state index is 0.331. The van der Waals surface area contributed by atoms with Gasteiger partial charge < -0.3 is 4.74 Å². The lowest BCUT2D eigenvalue weighted by atomic mass is 10.3. The van der Waals surface area contributed by atoms with Crippen molar-refractivity contribution in [1.29, 1.82) is 0 Å². The fraction of sp³-hybridized carbons (Fsp3) is 0.125. The molecule has 0 aromatic carbocycles. The Labute approximate surface area is 79.1 Å². The van der Waals surface area contributed by atoms with E-state index in [4.69, 9.17) is 18.0 Å². The molecule has 0 amide bonds. The molecule has 0 radical (unpaired) electrons. The van der Waals surface area contributed by atoms with Crippen LogP contribution in [0.5, 0.6) is 0 Å². The van der Waals surface area contributed by atoms with Gasteiger partial charge in [0.25, 0.3) is 0 Å². The molecule has 2 nitrogen and oxygen atoms in total. The SMILES string of the molecule is C#Cc1cc(C(=O)OC)c(Cl)s1. The smallest absolute Gasteiger partial charge is 0.340 e. The highest BCUT2D eigenvalue weighted by molar-refractivity contribution is 7.17. The van der Waals surface area contributed by atoms with Gasteiger partial charge in [-0.3, -0.25) is 0 Å². The number of hydrogen-bond acceptors (Lipinski definition) is 3. The third kappa shape index (κ3) is 1.60. The van der Waals surface area contributed by atoms with Gasteiger partial charge in [0.1, 0.15) is 4.34 Å². The fourth-order valence-electron chi connectivity index (χ4n) is 0.689. The molecule has 1 aromatic heterocycles. The summed E-state index contributed by atoms with van der Waals surface area (Å²) < 4.78 is 4.86. The molecular weight excluding hydrogens is 196 g/mol. The van der Waals surface area contributed by atoms with Gasteiger partial charge in [0, 0.05) is 0 Å². The Morgan fingerprint density at radius 3 is 2.92 bits per heavy atom. The Balaban J connectivity index is 3.10. The van der Waals surface area contributed by atoms with Gasteiger partial charge in [0.2, 0.25) is 0 Å². The van der Waals surface area contributed by atoms with Crippen LogP contribution in [0.2, 0.25) is 4.34 Å². The molecule has 0 aliphatic rings. The van der Waals surface area contributed by atoms with E-state index in [1.807, 2.05) is 0 Å². The first-order valence-electron chi connectivity index (χ1n) is 3.03. The lowest BCUT2D eigenvalue weighted by molar-refractivity contribution is 0.0601. The first-order valence-corrected chi connectivity index (χ1v) is 4.22. The second kappa shape index (κ2) is 3.61. The summed E-state index contributed by atoms with van der Waals surface area (Å²) >= 11 is 6.91. The van der Waals surface area contributed by atoms with Crippen LogP contribution in [0.1, 0.15) is 15.2 Å². The number of ether oxygens (including phenoxy) is 1. The van der Waals surface area contributed by atoms with Crippen LogP contribution >= 0.6 is 22.9 Å². The van der Waals surface area contributed by atoms with Crippen LogP contribution in [0.15, 0.2) is 6.07 Å². The van der Waals surface area contributed by atoms with Gasteiger partial charge in [0.05, 0.1) is 17.6 Å². The number of rotatable bonds is 1. The Morgan fingerprint density at radius 1 is 1.83 bits per heavy atom. The normalized spacial score (nSPS) is 9.08. The Morgan fingerprint density at radius 2 is 2.50 bits per heavy atom. The number of carbonyl (C=O) groups is 1. The first kappa shape index (κ1) is 9.11. The van der Waals surface area contributed by atoms with Crippen molar-refractivity contribution in [3.63, 3.8) is 0 Å². The summed E-state index contributed by atoms with van der Waals surface area (Å²) in [6, 6.07) is 1.54. The van der Waals surface area contributed by atoms with E-state index in [0.29, 0.717) is 14.8 Å². The van der Waals surface area contributed by atoms with Crippen molar-refractivity contribution in [1.82, 2.24) is 0 Å². The molecule has 0 unspecified atom stereocenters. The summed E-state index contributed by atoms with van der Waals surface area (Å²) in [5, 5.41) is 0. The maximum Gasteiger partial charge on any atom is 0.340 e. The van der Waals surface area contributed by atoms with Crippen LogP contribution in [-0.2, 0) is 4.74 Å². The van der Waals surface area contributed by atoms with Crippen molar-refractivity contribution < 1.29 is 9.53 Å². The topological polar surface area (TPSA) is 26.3 Å². The van der Waals surface area contributed by atoms with Crippen LogP contribution in [0.4, 0.5) is 0 Å². The largest absolute Gasteiger partial charge is 0.465 e. The van der Waals surface area contributed by atoms with Gasteiger partial charge in [-0.15, -0.1) is 17.8 Å². The van der Waals surface area contributed by atoms with Crippen LogP contribution in [0.25, 0.3) is 0 Å². The third-order valence-corrected chi connectivity index (χ3v) is 2.52. The predicted molar refractivity (Wildman–Crippen MR) is 48.6 cm³/mol. The van der Waals surface area contributed by atoms with Gasteiger partial charge in [-0.1, -0.05) is 17.5 Å². The number of halogens is 1. The zero-order chi connectivity index (χ0) is 9.14. The van der Waals surface area contributed by atoms with E-state index >= 15 is 0 Å². The van der Waals surface area contributed by atoms with Crippen molar-refractivity contribution in [3.05, 3.63) is 20.8 Å². The monoisotopic (exact) mass is 200 g/mol. The minimum Gasteiger partial charge on any atom is -0.465 e. The molecule has 0 aliphatic carbocycles. The van der Waals surface area contributed by atoms with E-state index < -0.39 is 5.97 Å². The van der Waals surface area contributed by atoms with Gasteiger partial charge in [-0.25, -0.2) is 4.79 Å². The maximum atomic E-state index is 11.0. The lowest BCUT2D eigenvalue weighted by Gasteiger charge is -1.93. The number of methoxy groups -OCH3 is 1. The summed E-state index contributed by atoms with van der Waals surface area (Å²) in [5.74, 6) is 1.93. The van der Waals surface area contributed by atoms with Gasteiger partial charge in [-0.2, -0.15) is 0 Å². The van der Waals surface area contributed by atoms with E-state index in [9.17, 15) is 4.79 Å². The molecule has 1 rings (SSSR count). The minimum atomic E-state index is -0.460. The standard InChI is InChI=1S/C8H5ClO2S/c1-3-5-4-6(7(9)12-5)8(10)11-2/h1,4H,2H3. The Hall–Kier alpha value is -0.980. The number of terminal acetylenes is 1. The summed E-state index contributed by atoms with van der Waals surface area (Å²) in [6.07, 6.45) is 5.12. The van der Waals surface area contributed by atoms with Crippen molar-refractivity contribution in [2.45, 2.75) is 0 Å². The van der Waals surface area contributed by atoms with Gasteiger partial charge in [-0.05, 0) is 6.07 Å². The van der Waals surface area contributed by atoms with E-state index in [-0.39, 0.29) is 0 Å². The molecule has 0 N–H and O–H groups in total. The summed E-state index contributed by atoms with van der Waals surface area (Å²) in [7, 11) is 1.30. The summed E-state index contributed by atoms with van der Waals surface area (Å²) in [4.78, 5) is 11.6. The van der Waals surface area contributed by atoms with Crippen LogP contribution in [-0.4, -0.2) is 13.1 Å². The van der Waals surface area contributed by atoms with Crippen molar-refractivity contribution in [2.75, 3.05) is 7.11 Å². The second-order valence-electron chi connectivity index (χ2n) is 1.93. The molecule has 0 saturated carbocycles. The maximum absolute atomic E-state index is 11.0. The first-order chi connectivity index (χ1) is 5.69. The molecule has 1 aromatic rings. The van der Waals surface area contributed by atoms with Crippen molar-refractivity contribution >= 4 is 28.9 Å². The van der Waals surface area contributed by atoms with Crippen LogP contribution in [0.3, 0.4) is 0 Å². The zero-order valence-electron chi connectivity index (χ0n) is 6.26. The highest BCUT2D eigenvalue weighted by Crippen LogP contribution is 2.27. The van der Waals surface area contributed by atoms with Gasteiger partial charge >= 0.3 is 5.97 Å². The van der Waals surface area contributed by atoms with Crippen LogP contribution in [0, 0.1) is 12.3 Å². The molecule has 4 heteroatoms. The lowest BCUT2D eigenvalue weighted by Crippen LogP contribution is -1.99. The molecule has 0 spiro atoms. The summed E-state index contributed by atoms with van der Waals surface area (Å²) in [5.41, 5.74) is 0.331. The molecule has 0 atom stereocenters. The average molecular weight is 201 g/mol. The van der Waals surface area contributed by atoms with Crippen molar-refractivity contribution in [3.8, 4) is 12.3 Å². The Bertz CT molecular complexity index is 348. The molecule has 12 heavy (non-hydrogen) atoms. The number of thiophene rings is 1. The van der Waals surface area contributed by atoms with Gasteiger partial charge in [0.15, 0.2) is 0 Å². The number of carbonyl (C=O) groups excluding carboxylic acids is 1. The van der Waals surface area contributed by atoms with E-state index in [1.165, 1.54) is 18.4 Å². The second-order valence-corrected chi connectivity index (χ2v) is 3.59. The molecule has 0 fully saturated rings. The molecule has 1 heterocycles. The molecule has 0 saturated heterocycles. The highest BCUT2D eigenvalue weighted by atomic mass is 35.5. The Kier molecular flexibility index (Phi) is 2.74. The highest BCUT2D eigenvalue weighted by Gasteiger charge is 2.13. The third-order valence-electron chi connectivity index (χ3n) is 1.23. The molecule has 62 valence electrons. The quantitative estimate of drug-likeness (QED) is 0.513. The number of esters is 1. The number of hydrogen-bond donors (Lipinski definition) is 0. The van der Waals surface area contributed by atoms with Crippen molar-refractivity contribution in [2.24, 2.45) is 0 Å². The van der Waals surface area contributed by atoms with E-state index in [1.54, 1.807) is 6.07 Å². The van der Waals surface area contributed by atoms with Crippen LogP contribution < -0.4 is 0 Å². The van der Waals surface area contributed by atoms with E-state index in [0.717, 1.165) is 0 Å². The predicted octanol–water partition coefficient (Wildman–Crippen LogP) is 2.17.